The summed E-state index contributed by atoms with van der Waals surface area (Å²) < 4.78 is 15.8. The summed E-state index contributed by atoms with van der Waals surface area (Å²) in [5.41, 5.74) is 3.71. The smallest absolute Gasteiger partial charge is 0.251 e. The van der Waals surface area contributed by atoms with E-state index < -0.39 is 17.8 Å². The molecule has 0 saturated heterocycles. The SMILES string of the molecule is C=C(/C=C\C(F)=C/C)[C@H]1c2c(nn(CCC)c2C)N(CCC)C(=O)[C@H]1NC(=O)c1cccc(C)c1. The van der Waals surface area contributed by atoms with Crippen LogP contribution in [0.4, 0.5) is 10.2 Å². The molecular formula is C28H35FN4O2. The number of amides is 2. The average Bonchev–Trinajstić information content (AvgIpc) is 3.15. The molecule has 7 heteroatoms. The molecule has 0 spiro atoms. The van der Waals surface area contributed by atoms with Crippen molar-refractivity contribution in [2.75, 3.05) is 11.4 Å². The number of benzene rings is 1. The molecule has 2 heterocycles. The first-order valence-electron chi connectivity index (χ1n) is 12.2. The maximum Gasteiger partial charge on any atom is 0.251 e. The van der Waals surface area contributed by atoms with Gasteiger partial charge in [0.15, 0.2) is 5.82 Å². The van der Waals surface area contributed by atoms with Crippen LogP contribution in [0.1, 0.15) is 66.7 Å². The van der Waals surface area contributed by atoms with Gasteiger partial charge in [0.05, 0.1) is 0 Å². The van der Waals surface area contributed by atoms with Gasteiger partial charge < -0.3 is 5.32 Å². The Morgan fingerprint density at radius 2 is 1.91 bits per heavy atom. The summed E-state index contributed by atoms with van der Waals surface area (Å²) in [5, 5.41) is 7.75. The molecule has 6 nitrogen and oxygen atoms in total. The van der Waals surface area contributed by atoms with Gasteiger partial charge in [-0.05, 0) is 57.4 Å². The number of hydrogen-bond acceptors (Lipinski definition) is 3. The van der Waals surface area contributed by atoms with Gasteiger partial charge in [0.2, 0.25) is 0 Å². The number of aromatic nitrogens is 2. The molecule has 2 amide bonds. The number of nitrogens with zero attached hydrogens (tertiary/aromatic N) is 3. The Morgan fingerprint density at radius 1 is 1.20 bits per heavy atom. The lowest BCUT2D eigenvalue weighted by atomic mass is 9.81. The minimum atomic E-state index is -0.897. The van der Waals surface area contributed by atoms with Crippen LogP contribution in [-0.4, -0.2) is 34.2 Å². The molecule has 0 fully saturated rings. The fourth-order valence-electron chi connectivity index (χ4n) is 4.50. The summed E-state index contributed by atoms with van der Waals surface area (Å²) in [7, 11) is 0. The number of nitrogens with one attached hydrogen (secondary N) is 1. The number of halogens is 1. The Morgan fingerprint density at radius 3 is 2.54 bits per heavy atom. The van der Waals surface area contributed by atoms with Crippen molar-refractivity contribution in [1.29, 1.82) is 0 Å². The molecule has 1 aromatic heterocycles. The first kappa shape index (κ1) is 26.1. The normalized spacial score (nSPS) is 18.2. The van der Waals surface area contributed by atoms with Crippen molar-refractivity contribution in [3.05, 3.63) is 82.9 Å². The molecule has 1 aliphatic rings. The van der Waals surface area contributed by atoms with E-state index in [4.69, 9.17) is 5.10 Å². The molecule has 1 N–H and O–H groups in total. The van der Waals surface area contributed by atoms with Gasteiger partial charge in [-0.25, -0.2) is 4.39 Å². The van der Waals surface area contributed by atoms with Crippen LogP contribution in [0.5, 0.6) is 0 Å². The Labute approximate surface area is 207 Å². The van der Waals surface area contributed by atoms with E-state index in [1.807, 2.05) is 37.6 Å². The van der Waals surface area contributed by atoms with Crippen LogP contribution in [0.15, 0.2) is 60.5 Å². The Bertz CT molecular complexity index is 1180. The second-order valence-corrected chi connectivity index (χ2v) is 8.92. The zero-order chi connectivity index (χ0) is 25.7. The van der Waals surface area contributed by atoms with Crippen LogP contribution < -0.4 is 10.2 Å². The molecule has 0 aliphatic carbocycles. The van der Waals surface area contributed by atoms with E-state index in [9.17, 15) is 14.0 Å². The van der Waals surface area contributed by atoms with Crippen LogP contribution in [0, 0.1) is 13.8 Å². The topological polar surface area (TPSA) is 67.2 Å². The highest BCUT2D eigenvalue weighted by molar-refractivity contribution is 6.05. The van der Waals surface area contributed by atoms with Crippen molar-refractivity contribution >= 4 is 17.6 Å². The van der Waals surface area contributed by atoms with Crippen molar-refractivity contribution in [1.82, 2.24) is 15.1 Å². The maximum atomic E-state index is 13.9. The highest BCUT2D eigenvalue weighted by atomic mass is 19.1. The molecule has 0 saturated carbocycles. The summed E-state index contributed by atoms with van der Waals surface area (Å²) >= 11 is 0. The molecule has 1 aliphatic heterocycles. The summed E-state index contributed by atoms with van der Waals surface area (Å²) in [6.45, 7) is 14.9. The standard InChI is InChI=1S/C28H35FN4O2/c1-7-15-32-26-24(20(6)33(31-26)16-8-2)23(19(5)13-14-22(29)9-3)25(28(32)35)30-27(34)21-12-10-11-18(4)17-21/h9-14,17,23,25H,5,7-8,15-16H2,1-4,6H3,(H,30,34)/b14-13-,22-9+/t23-,25-/m0/s1. The maximum absolute atomic E-state index is 13.9. The van der Waals surface area contributed by atoms with Gasteiger partial charge in [-0.2, -0.15) is 5.10 Å². The van der Waals surface area contributed by atoms with E-state index >= 15 is 0 Å². The van der Waals surface area contributed by atoms with E-state index in [0.717, 1.165) is 29.7 Å². The Kier molecular flexibility index (Phi) is 8.43. The lowest BCUT2D eigenvalue weighted by molar-refractivity contribution is -0.121. The quantitative estimate of drug-likeness (QED) is 0.482. The molecule has 1 aromatic carbocycles. The molecule has 0 unspecified atom stereocenters. The zero-order valence-electron chi connectivity index (χ0n) is 21.3. The van der Waals surface area contributed by atoms with Crippen molar-refractivity contribution in [2.45, 2.75) is 66.0 Å². The minimum Gasteiger partial charge on any atom is -0.339 e. The predicted octanol–water partition coefficient (Wildman–Crippen LogP) is 5.53. The van der Waals surface area contributed by atoms with Crippen molar-refractivity contribution < 1.29 is 14.0 Å². The zero-order valence-corrected chi connectivity index (χ0v) is 21.3. The van der Waals surface area contributed by atoms with Crippen LogP contribution in [-0.2, 0) is 11.3 Å². The van der Waals surface area contributed by atoms with Gasteiger partial charge in [-0.1, -0.05) is 50.3 Å². The highest BCUT2D eigenvalue weighted by Gasteiger charge is 2.45. The first-order valence-corrected chi connectivity index (χ1v) is 12.2. The van der Waals surface area contributed by atoms with E-state index in [-0.39, 0.29) is 11.8 Å². The molecule has 3 rings (SSSR count). The summed E-state index contributed by atoms with van der Waals surface area (Å²) in [6.07, 6.45) is 5.88. The van der Waals surface area contributed by atoms with Crippen molar-refractivity contribution in [2.24, 2.45) is 0 Å². The van der Waals surface area contributed by atoms with Gasteiger partial charge in [0.25, 0.3) is 11.8 Å². The summed E-state index contributed by atoms with van der Waals surface area (Å²) in [5.74, 6) is -0.972. The Hall–Kier alpha value is -3.48. The molecular weight excluding hydrogens is 443 g/mol. The lowest BCUT2D eigenvalue weighted by Crippen LogP contribution is -2.55. The molecule has 35 heavy (non-hydrogen) atoms. The third kappa shape index (κ3) is 5.45. The summed E-state index contributed by atoms with van der Waals surface area (Å²) in [6, 6.07) is 6.33. The van der Waals surface area contributed by atoms with Gasteiger partial charge in [0, 0.05) is 35.8 Å². The second-order valence-electron chi connectivity index (χ2n) is 8.92. The van der Waals surface area contributed by atoms with E-state index in [1.165, 1.54) is 12.2 Å². The fraction of sp³-hybridized carbons (Fsp3) is 0.393. The molecule has 186 valence electrons. The molecule has 0 bridgehead atoms. The molecule has 2 atom stereocenters. The third-order valence-electron chi connectivity index (χ3n) is 6.25. The number of carbonyl (C=O) groups excluding carboxylic acids is 2. The summed E-state index contributed by atoms with van der Waals surface area (Å²) in [4.78, 5) is 28.7. The largest absolute Gasteiger partial charge is 0.339 e. The van der Waals surface area contributed by atoms with Gasteiger partial charge in [0.1, 0.15) is 11.9 Å². The van der Waals surface area contributed by atoms with Crippen molar-refractivity contribution in [3.63, 3.8) is 0 Å². The fourth-order valence-corrected chi connectivity index (χ4v) is 4.50. The van der Waals surface area contributed by atoms with Crippen LogP contribution in [0.2, 0.25) is 0 Å². The monoisotopic (exact) mass is 478 g/mol. The number of anilines is 1. The van der Waals surface area contributed by atoms with E-state index in [1.54, 1.807) is 30.0 Å². The third-order valence-corrected chi connectivity index (χ3v) is 6.25. The predicted molar refractivity (Wildman–Crippen MR) is 138 cm³/mol. The van der Waals surface area contributed by atoms with Crippen LogP contribution >= 0.6 is 0 Å². The van der Waals surface area contributed by atoms with E-state index in [2.05, 4.69) is 18.8 Å². The minimum absolute atomic E-state index is 0.243. The highest BCUT2D eigenvalue weighted by Crippen LogP contribution is 2.42. The number of fused-ring (bicyclic) bond motifs is 1. The molecule has 0 radical (unpaired) electrons. The molecule has 2 aromatic rings. The van der Waals surface area contributed by atoms with E-state index in [0.29, 0.717) is 30.0 Å². The van der Waals surface area contributed by atoms with Gasteiger partial charge in [-0.15, -0.1) is 0 Å². The average molecular weight is 479 g/mol. The van der Waals surface area contributed by atoms with Crippen LogP contribution in [0.3, 0.4) is 0 Å². The first-order chi connectivity index (χ1) is 16.7. The van der Waals surface area contributed by atoms with Gasteiger partial charge in [-0.3, -0.25) is 19.2 Å². The number of allylic oxidation sites excluding steroid dienone is 4. The number of aryl methyl sites for hydroxylation is 2. The number of carbonyl (C=O) groups is 2. The lowest BCUT2D eigenvalue weighted by Gasteiger charge is -2.37. The number of hydrogen-bond donors (Lipinski definition) is 1. The number of rotatable bonds is 9. The van der Waals surface area contributed by atoms with Gasteiger partial charge >= 0.3 is 0 Å². The van der Waals surface area contributed by atoms with Crippen LogP contribution in [0.25, 0.3) is 0 Å². The Balaban J connectivity index is 2.14. The second kappa shape index (κ2) is 11.3. The van der Waals surface area contributed by atoms with Crippen molar-refractivity contribution in [3.8, 4) is 0 Å².